The number of hydrogen-bond acceptors (Lipinski definition) is 15. The van der Waals surface area contributed by atoms with Crippen LogP contribution in [0.3, 0.4) is 0 Å². The van der Waals surface area contributed by atoms with Gasteiger partial charge in [-0.2, -0.15) is 0 Å². The molecule has 0 saturated carbocycles. The molecule has 0 spiro atoms. The number of rotatable bonds is 27. The van der Waals surface area contributed by atoms with Crippen molar-refractivity contribution in [3.63, 3.8) is 0 Å². The molecule has 0 aliphatic rings. The van der Waals surface area contributed by atoms with E-state index in [9.17, 15) is 0 Å². The average Bonchev–Trinajstić information content (AvgIpc) is 4.33. The first-order valence-electron chi connectivity index (χ1n) is 24.9. The molecular weight excluding hydrogens is 1070 g/mol. The Morgan fingerprint density at radius 1 is 0.289 bits per heavy atom. The van der Waals surface area contributed by atoms with Crippen molar-refractivity contribution in [3.05, 3.63) is 146 Å². The van der Waals surface area contributed by atoms with E-state index in [1.807, 2.05) is 109 Å². The number of hydrogen-bond donors (Lipinski definition) is 6. The topological polar surface area (TPSA) is 200 Å². The Kier molecular flexibility index (Phi) is 16.5. The lowest BCUT2D eigenvalue weighted by Gasteiger charge is -2.23. The van der Waals surface area contributed by atoms with Gasteiger partial charge in [-0.3, -0.25) is 0 Å². The van der Waals surface area contributed by atoms with Gasteiger partial charge in [-0.1, -0.05) is 143 Å². The molecule has 76 heavy (non-hydrogen) atoms. The van der Waals surface area contributed by atoms with E-state index < -0.39 is 7.32 Å². The minimum atomic E-state index is -0.972. The number of para-hydroxylation sites is 12. The van der Waals surface area contributed by atoms with Crippen LogP contribution in [0.25, 0.3) is 66.2 Å². The summed E-state index contributed by atoms with van der Waals surface area (Å²) in [5, 5.41) is 5.18. The first kappa shape index (κ1) is 51.0. The highest BCUT2D eigenvalue weighted by molar-refractivity contribution is 8.00. The Morgan fingerprint density at radius 2 is 0.474 bits per heavy atom. The van der Waals surface area contributed by atoms with Crippen molar-refractivity contribution in [2.75, 3.05) is 54.3 Å². The highest BCUT2D eigenvalue weighted by Crippen LogP contribution is 2.31. The van der Waals surface area contributed by atoms with Crippen molar-refractivity contribution >= 4 is 144 Å². The minimum absolute atomic E-state index is 0.0530. The van der Waals surface area contributed by atoms with Gasteiger partial charge < -0.3 is 43.9 Å². The van der Waals surface area contributed by atoms with Crippen LogP contribution in [0.4, 0.5) is 0 Å². The van der Waals surface area contributed by atoms with Crippen molar-refractivity contribution in [2.45, 2.75) is 30.9 Å². The van der Waals surface area contributed by atoms with Gasteiger partial charge in [-0.25, -0.2) is 29.9 Å². The third-order valence-corrected chi connectivity index (χ3v) is 19.0. The number of fused-ring (bicyclic) bond motifs is 6. The summed E-state index contributed by atoms with van der Waals surface area (Å²) in [5.74, 6) is 4.55. The number of nitrogens with one attached hydrogen (secondary N) is 6. The van der Waals surface area contributed by atoms with E-state index in [0.29, 0.717) is 19.8 Å². The van der Waals surface area contributed by atoms with E-state index in [1.54, 1.807) is 70.6 Å². The fourth-order valence-electron chi connectivity index (χ4n) is 8.39. The van der Waals surface area contributed by atoms with Gasteiger partial charge in [0.1, 0.15) is 0 Å². The number of benzene rings is 6. The molecule has 0 aliphatic carbocycles. The maximum absolute atomic E-state index is 6.88. The number of nitrogens with zero attached hydrogens (tertiary/aromatic N) is 6. The molecule has 12 aromatic rings. The second-order valence-electron chi connectivity index (χ2n) is 18.1. The summed E-state index contributed by atoms with van der Waals surface area (Å²) in [7, 11) is -0.972. The number of aromatic amines is 6. The minimum Gasteiger partial charge on any atom is -0.386 e. The SMILES string of the molecule is c1ccc2[nH]c(SCC(COB(OCC(CSc3nc4ccccc4[nH]3)CSc3nc4ccccc4[nH]3)OCC(CSc3nc4ccccc4[nH]3)CSc3nc4ccccc4[nH]3)CSc3nc4ccccc4[nH]3)nc2c1. The number of aromatic nitrogens is 12. The van der Waals surface area contributed by atoms with Gasteiger partial charge in [-0.15, -0.1) is 0 Å². The van der Waals surface area contributed by atoms with Crippen LogP contribution in [0.15, 0.2) is 177 Å². The Labute approximate surface area is 463 Å². The molecule has 15 nitrogen and oxygen atoms in total. The number of H-pyrrole nitrogens is 6. The van der Waals surface area contributed by atoms with E-state index in [2.05, 4.69) is 66.3 Å². The molecule has 0 fully saturated rings. The van der Waals surface area contributed by atoms with Crippen LogP contribution in [0.1, 0.15) is 0 Å². The summed E-state index contributed by atoms with van der Waals surface area (Å²) < 4.78 is 20.6. The largest absolute Gasteiger partial charge is 0.639 e. The zero-order valence-corrected chi connectivity index (χ0v) is 45.8. The quantitative estimate of drug-likeness (QED) is 0.0210. The Morgan fingerprint density at radius 3 is 0.658 bits per heavy atom. The Balaban J connectivity index is 0.795. The van der Waals surface area contributed by atoms with Crippen molar-refractivity contribution in [1.29, 1.82) is 0 Å². The van der Waals surface area contributed by atoms with Gasteiger partial charge in [-0.05, 0) is 90.6 Å². The van der Waals surface area contributed by atoms with Crippen LogP contribution in [0.5, 0.6) is 0 Å². The molecule has 0 amide bonds. The maximum atomic E-state index is 6.88. The highest BCUT2D eigenvalue weighted by atomic mass is 32.2. The first-order chi connectivity index (χ1) is 37.5. The van der Waals surface area contributed by atoms with Gasteiger partial charge >= 0.3 is 7.32 Å². The molecule has 0 aliphatic heterocycles. The van der Waals surface area contributed by atoms with Gasteiger partial charge in [0, 0.05) is 54.3 Å². The van der Waals surface area contributed by atoms with Crippen LogP contribution < -0.4 is 0 Å². The smallest absolute Gasteiger partial charge is 0.386 e. The molecule has 22 heteroatoms. The van der Waals surface area contributed by atoms with Crippen molar-refractivity contribution < 1.29 is 14.0 Å². The summed E-state index contributed by atoms with van der Waals surface area (Å²) in [5.41, 5.74) is 11.7. The molecule has 0 bridgehead atoms. The summed E-state index contributed by atoms with van der Waals surface area (Å²) in [6.45, 7) is 1.09. The summed E-state index contributed by atoms with van der Waals surface area (Å²) in [6, 6.07) is 48.7. The van der Waals surface area contributed by atoms with Gasteiger partial charge in [0.15, 0.2) is 30.9 Å². The standard InChI is InChI=1S/C54H51BN12O3S6/c1-2-14-38-37(13-1)56-49(57-38)71-28-34(29-72-50-58-39-15-3-4-16-40(39)59-50)25-68-55(69-26-35(30-73-51-60-41-17-5-6-18-42(41)61-51)31-74-52-62-43-19-7-8-20-44(43)63-52)70-27-36(32-75-53-64-45-21-9-10-22-46(45)65-53)33-76-54-66-47-23-11-12-24-48(47)67-54/h1-24,34-36H,25-33H2,(H,56,57)(H,58,59)(H,60,61)(H,62,63)(H,64,65)(H,66,67). The van der Waals surface area contributed by atoms with E-state index >= 15 is 0 Å². The zero-order chi connectivity index (χ0) is 50.9. The van der Waals surface area contributed by atoms with E-state index in [0.717, 1.165) is 132 Å². The van der Waals surface area contributed by atoms with Crippen molar-refractivity contribution in [1.82, 2.24) is 59.8 Å². The fraction of sp³-hybridized carbons (Fsp3) is 0.222. The van der Waals surface area contributed by atoms with E-state index in [1.165, 1.54) is 0 Å². The monoisotopic (exact) mass is 1120 g/mol. The lowest BCUT2D eigenvalue weighted by atomic mass is 10.1. The number of imidazole rings is 6. The molecule has 0 atom stereocenters. The molecule has 6 N–H and O–H groups in total. The van der Waals surface area contributed by atoms with Crippen LogP contribution in [-0.2, 0) is 14.0 Å². The summed E-state index contributed by atoms with van der Waals surface area (Å²) in [4.78, 5) is 50.3. The van der Waals surface area contributed by atoms with E-state index in [-0.39, 0.29) is 17.8 Å². The molecule has 0 saturated heterocycles. The van der Waals surface area contributed by atoms with Crippen molar-refractivity contribution in [2.24, 2.45) is 17.8 Å². The lowest BCUT2D eigenvalue weighted by Crippen LogP contribution is -2.35. The van der Waals surface area contributed by atoms with Gasteiger partial charge in [0.05, 0.1) is 66.2 Å². The third-order valence-electron chi connectivity index (χ3n) is 12.3. The fourth-order valence-corrected chi connectivity index (χ4v) is 14.6. The van der Waals surface area contributed by atoms with Gasteiger partial charge in [0.2, 0.25) is 0 Å². The second-order valence-corrected chi connectivity index (χ2v) is 24.2. The van der Waals surface area contributed by atoms with Crippen LogP contribution in [0.2, 0.25) is 0 Å². The first-order valence-corrected chi connectivity index (χ1v) is 30.8. The molecule has 0 radical (unpaired) electrons. The molecule has 12 rings (SSSR count). The molecule has 384 valence electrons. The normalized spacial score (nSPS) is 12.2. The highest BCUT2D eigenvalue weighted by Gasteiger charge is 2.29. The maximum Gasteiger partial charge on any atom is 0.639 e. The molecular formula is C54H51BN12O3S6. The Bertz CT molecular complexity index is 3000. The summed E-state index contributed by atoms with van der Waals surface area (Å²) in [6.07, 6.45) is 0. The molecule has 6 aromatic carbocycles. The molecule has 6 heterocycles. The number of thioether (sulfide) groups is 6. The van der Waals surface area contributed by atoms with Crippen LogP contribution in [0, 0.1) is 17.8 Å². The zero-order valence-electron chi connectivity index (χ0n) is 40.9. The van der Waals surface area contributed by atoms with Crippen LogP contribution >= 0.6 is 70.6 Å². The molecule has 0 unspecified atom stereocenters. The predicted octanol–water partition coefficient (Wildman–Crippen LogP) is 12.9. The second kappa shape index (κ2) is 24.7. The van der Waals surface area contributed by atoms with E-state index in [4.69, 9.17) is 43.9 Å². The van der Waals surface area contributed by atoms with Crippen molar-refractivity contribution in [3.8, 4) is 0 Å². The third kappa shape index (κ3) is 13.1. The Hall–Kier alpha value is -5.82. The van der Waals surface area contributed by atoms with Gasteiger partial charge in [0.25, 0.3) is 0 Å². The average molecular weight is 1120 g/mol. The lowest BCUT2D eigenvalue weighted by molar-refractivity contribution is 0.0704. The molecule has 6 aromatic heterocycles. The predicted molar refractivity (Wildman–Crippen MR) is 315 cm³/mol. The summed E-state index contributed by atoms with van der Waals surface area (Å²) >= 11 is 10.1. The van der Waals surface area contributed by atoms with Crippen LogP contribution in [-0.4, -0.2) is 121 Å².